The molecule has 1 heterocycles. The van der Waals surface area contributed by atoms with E-state index in [0.29, 0.717) is 19.6 Å². The van der Waals surface area contributed by atoms with Gasteiger partial charge in [0.15, 0.2) is 0 Å². The molecule has 15 heavy (non-hydrogen) atoms. The van der Waals surface area contributed by atoms with E-state index in [-0.39, 0.29) is 23.8 Å². The minimum absolute atomic E-state index is 0.259. The Morgan fingerprint density at radius 1 is 1.53 bits per heavy atom. The van der Waals surface area contributed by atoms with Crippen LogP contribution < -0.4 is 16.8 Å². The van der Waals surface area contributed by atoms with Crippen LogP contribution >= 0.6 is 0 Å². The van der Waals surface area contributed by atoms with Crippen molar-refractivity contribution in [3.05, 3.63) is 0 Å². The van der Waals surface area contributed by atoms with Gasteiger partial charge in [0.2, 0.25) is 11.8 Å². The van der Waals surface area contributed by atoms with E-state index in [1.807, 2.05) is 4.90 Å². The first-order valence-corrected chi connectivity index (χ1v) is 5.05. The van der Waals surface area contributed by atoms with E-state index in [9.17, 15) is 9.59 Å². The molecular weight excluding hydrogens is 196 g/mol. The number of rotatable bonds is 4. The molecule has 0 spiro atoms. The summed E-state index contributed by atoms with van der Waals surface area (Å²) in [7, 11) is 0. The quantitative estimate of drug-likeness (QED) is 0.497. The van der Waals surface area contributed by atoms with E-state index < -0.39 is 0 Å². The largest absolute Gasteiger partial charge is 0.369 e. The van der Waals surface area contributed by atoms with E-state index >= 15 is 0 Å². The number of hydrogen-bond donors (Lipinski definition) is 3. The zero-order valence-corrected chi connectivity index (χ0v) is 8.90. The van der Waals surface area contributed by atoms with Gasteiger partial charge in [0.1, 0.15) is 6.04 Å². The molecule has 2 atom stereocenters. The number of nitrogens with zero attached hydrogens (tertiary/aromatic N) is 1. The summed E-state index contributed by atoms with van der Waals surface area (Å²) in [5.74, 6) is -0.972. The van der Waals surface area contributed by atoms with Crippen LogP contribution in [0, 0.1) is 5.92 Å². The third-order valence-corrected chi connectivity index (χ3v) is 2.68. The monoisotopic (exact) mass is 214 g/mol. The zero-order chi connectivity index (χ0) is 11.4. The molecular formula is C9H18N4O2. The summed E-state index contributed by atoms with van der Waals surface area (Å²) in [5.41, 5.74) is 10.4. The molecule has 0 radical (unpaired) electrons. The average Bonchev–Trinajstić information content (AvgIpc) is 2.18. The van der Waals surface area contributed by atoms with Crippen molar-refractivity contribution in [2.75, 3.05) is 26.2 Å². The van der Waals surface area contributed by atoms with E-state index in [0.717, 1.165) is 6.54 Å². The fourth-order valence-electron chi connectivity index (χ4n) is 1.69. The highest BCUT2D eigenvalue weighted by Gasteiger charge is 2.28. The first-order chi connectivity index (χ1) is 7.02. The summed E-state index contributed by atoms with van der Waals surface area (Å²) in [6.45, 7) is 4.30. The molecule has 1 aliphatic heterocycles. The standard InChI is InChI=1S/C9H18N4O2/c1-6(8(10)14)5-13-3-2-12-4-7(13)9(11)15/h6-7,12H,2-5H2,1H3,(H2,10,14)(H2,11,15). The molecule has 1 aliphatic rings. The van der Waals surface area contributed by atoms with Crippen LogP contribution in [0.4, 0.5) is 0 Å². The maximum atomic E-state index is 11.1. The summed E-state index contributed by atoms with van der Waals surface area (Å²) < 4.78 is 0. The first-order valence-electron chi connectivity index (χ1n) is 5.05. The van der Waals surface area contributed by atoms with Gasteiger partial charge in [-0.2, -0.15) is 0 Å². The molecule has 0 saturated carbocycles. The number of piperazine rings is 1. The van der Waals surface area contributed by atoms with Gasteiger partial charge in [-0.05, 0) is 0 Å². The first kappa shape index (κ1) is 11.9. The predicted octanol–water partition coefficient (Wildman–Crippen LogP) is -2.13. The lowest BCUT2D eigenvalue weighted by molar-refractivity contribution is -0.127. The van der Waals surface area contributed by atoms with Gasteiger partial charge >= 0.3 is 0 Å². The number of hydrogen-bond acceptors (Lipinski definition) is 4. The van der Waals surface area contributed by atoms with E-state index in [2.05, 4.69) is 5.32 Å². The predicted molar refractivity (Wildman–Crippen MR) is 55.8 cm³/mol. The number of nitrogens with two attached hydrogens (primary N) is 2. The fourth-order valence-corrected chi connectivity index (χ4v) is 1.69. The summed E-state index contributed by atoms with van der Waals surface area (Å²) in [6, 6.07) is -0.333. The van der Waals surface area contributed by atoms with Crippen LogP contribution in [0.3, 0.4) is 0 Å². The van der Waals surface area contributed by atoms with Crippen molar-refractivity contribution >= 4 is 11.8 Å². The van der Waals surface area contributed by atoms with Gasteiger partial charge in [0, 0.05) is 32.1 Å². The Hall–Kier alpha value is -1.14. The second kappa shape index (κ2) is 5.09. The SMILES string of the molecule is CC(CN1CCNCC1C(N)=O)C(N)=O. The molecule has 0 aromatic carbocycles. The maximum absolute atomic E-state index is 11.1. The zero-order valence-electron chi connectivity index (χ0n) is 8.90. The Kier molecular flexibility index (Phi) is 4.05. The van der Waals surface area contributed by atoms with Crippen LogP contribution in [-0.2, 0) is 9.59 Å². The smallest absolute Gasteiger partial charge is 0.236 e. The topological polar surface area (TPSA) is 101 Å². The van der Waals surface area contributed by atoms with E-state index in [1.54, 1.807) is 6.92 Å². The molecule has 0 aromatic rings. The minimum atomic E-state index is -0.362. The van der Waals surface area contributed by atoms with Gasteiger partial charge in [-0.25, -0.2) is 0 Å². The second-order valence-electron chi connectivity index (χ2n) is 3.92. The summed E-state index contributed by atoms with van der Waals surface area (Å²) in [4.78, 5) is 24.0. The van der Waals surface area contributed by atoms with Crippen LogP contribution in [0.5, 0.6) is 0 Å². The van der Waals surface area contributed by atoms with Gasteiger partial charge in [-0.1, -0.05) is 6.92 Å². The molecule has 2 unspecified atom stereocenters. The van der Waals surface area contributed by atoms with Crippen molar-refractivity contribution in [1.82, 2.24) is 10.2 Å². The summed E-state index contributed by atoms with van der Waals surface area (Å²) in [5, 5.41) is 3.09. The van der Waals surface area contributed by atoms with Gasteiger partial charge in [-0.15, -0.1) is 0 Å². The number of carbonyl (C=O) groups excluding carboxylic acids is 2. The highest BCUT2D eigenvalue weighted by molar-refractivity contribution is 5.80. The van der Waals surface area contributed by atoms with Crippen molar-refractivity contribution in [3.63, 3.8) is 0 Å². The minimum Gasteiger partial charge on any atom is -0.369 e. The molecule has 0 bridgehead atoms. The fraction of sp³-hybridized carbons (Fsp3) is 0.778. The molecule has 6 heteroatoms. The number of carbonyl (C=O) groups is 2. The summed E-state index contributed by atoms with van der Waals surface area (Å²) in [6.07, 6.45) is 0. The maximum Gasteiger partial charge on any atom is 0.236 e. The third kappa shape index (κ3) is 3.17. The molecule has 86 valence electrons. The lowest BCUT2D eigenvalue weighted by atomic mass is 10.1. The van der Waals surface area contributed by atoms with E-state index in [1.165, 1.54) is 0 Å². The van der Waals surface area contributed by atoms with Gasteiger partial charge in [-0.3, -0.25) is 14.5 Å². The Morgan fingerprint density at radius 2 is 2.20 bits per heavy atom. The van der Waals surface area contributed by atoms with Crippen molar-refractivity contribution < 1.29 is 9.59 Å². The molecule has 0 aromatic heterocycles. The highest BCUT2D eigenvalue weighted by Crippen LogP contribution is 2.06. The van der Waals surface area contributed by atoms with Gasteiger partial charge in [0.25, 0.3) is 0 Å². The molecule has 1 rings (SSSR count). The van der Waals surface area contributed by atoms with Crippen molar-refractivity contribution in [1.29, 1.82) is 0 Å². The Balaban J connectivity index is 2.56. The summed E-state index contributed by atoms with van der Waals surface area (Å²) >= 11 is 0. The third-order valence-electron chi connectivity index (χ3n) is 2.68. The number of amides is 2. The molecule has 1 saturated heterocycles. The number of primary amides is 2. The van der Waals surface area contributed by atoms with Crippen LogP contribution in [0.25, 0.3) is 0 Å². The van der Waals surface area contributed by atoms with Crippen molar-refractivity contribution in [2.45, 2.75) is 13.0 Å². The molecule has 0 aliphatic carbocycles. The van der Waals surface area contributed by atoms with Crippen LogP contribution in [0.15, 0.2) is 0 Å². The molecule has 6 nitrogen and oxygen atoms in total. The van der Waals surface area contributed by atoms with Crippen LogP contribution in [-0.4, -0.2) is 48.9 Å². The Labute approximate surface area is 89.0 Å². The molecule has 5 N–H and O–H groups in total. The number of nitrogens with one attached hydrogen (secondary N) is 1. The highest BCUT2D eigenvalue weighted by atomic mass is 16.2. The lowest BCUT2D eigenvalue weighted by Gasteiger charge is -2.35. The van der Waals surface area contributed by atoms with Crippen molar-refractivity contribution in [2.24, 2.45) is 17.4 Å². The van der Waals surface area contributed by atoms with E-state index in [4.69, 9.17) is 11.5 Å². The normalized spacial score (nSPS) is 24.7. The average molecular weight is 214 g/mol. The Morgan fingerprint density at radius 3 is 2.73 bits per heavy atom. The van der Waals surface area contributed by atoms with Crippen LogP contribution in [0.1, 0.15) is 6.92 Å². The van der Waals surface area contributed by atoms with Crippen molar-refractivity contribution in [3.8, 4) is 0 Å². The van der Waals surface area contributed by atoms with Crippen LogP contribution in [0.2, 0.25) is 0 Å². The van der Waals surface area contributed by atoms with Gasteiger partial charge in [0.05, 0.1) is 0 Å². The van der Waals surface area contributed by atoms with Gasteiger partial charge < -0.3 is 16.8 Å². The second-order valence-corrected chi connectivity index (χ2v) is 3.92. The lowest BCUT2D eigenvalue weighted by Crippen LogP contribution is -2.58. The molecule has 1 fully saturated rings. The Bertz CT molecular complexity index is 256. The molecule has 2 amide bonds.